The molecule has 3 aliphatic rings. The van der Waals surface area contributed by atoms with Gasteiger partial charge < -0.3 is 15.0 Å². The highest BCUT2D eigenvalue weighted by molar-refractivity contribution is 5.85. The summed E-state index contributed by atoms with van der Waals surface area (Å²) in [7, 11) is 0. The van der Waals surface area contributed by atoms with Crippen molar-refractivity contribution in [3.8, 4) is 0 Å². The van der Waals surface area contributed by atoms with Crippen molar-refractivity contribution in [3.63, 3.8) is 0 Å². The predicted molar refractivity (Wildman–Crippen MR) is 87.5 cm³/mol. The Bertz CT molecular complexity index is 345. The van der Waals surface area contributed by atoms with Gasteiger partial charge in [0, 0.05) is 38.8 Å². The highest BCUT2D eigenvalue weighted by Gasteiger charge is 2.42. The smallest absolute Gasteiger partial charge is 0.229 e. The van der Waals surface area contributed by atoms with Gasteiger partial charge in [-0.25, -0.2) is 0 Å². The summed E-state index contributed by atoms with van der Waals surface area (Å²) in [5.41, 5.74) is -0.167. The molecule has 21 heavy (non-hydrogen) atoms. The molecule has 3 saturated heterocycles. The van der Waals surface area contributed by atoms with E-state index in [9.17, 15) is 4.79 Å². The standard InChI is InChI=1S/C14H25N3O2.2ClH/c1-14(3-4-15-11-14)13(18)17-5-2-12(10-17)16-6-8-19-9-7-16;;/h12,15H,2-11H2,1H3;2*1H. The number of amides is 1. The number of rotatable bonds is 2. The molecule has 1 amide bonds. The van der Waals surface area contributed by atoms with Crippen LogP contribution in [0.25, 0.3) is 0 Å². The van der Waals surface area contributed by atoms with Gasteiger partial charge in [-0.2, -0.15) is 0 Å². The molecule has 124 valence electrons. The third kappa shape index (κ3) is 4.02. The van der Waals surface area contributed by atoms with Gasteiger partial charge in [0.15, 0.2) is 0 Å². The lowest BCUT2D eigenvalue weighted by Gasteiger charge is -2.33. The number of morpholine rings is 1. The molecule has 3 rings (SSSR count). The van der Waals surface area contributed by atoms with E-state index < -0.39 is 0 Å². The van der Waals surface area contributed by atoms with Gasteiger partial charge in [-0.1, -0.05) is 0 Å². The molecule has 2 atom stereocenters. The average Bonchev–Trinajstić information content (AvgIpc) is 3.09. The second-order valence-electron chi connectivity index (χ2n) is 6.33. The monoisotopic (exact) mass is 339 g/mol. The van der Waals surface area contributed by atoms with Crippen LogP contribution < -0.4 is 5.32 Å². The molecule has 0 aliphatic carbocycles. The Balaban J connectivity index is 0.00000110. The molecule has 7 heteroatoms. The van der Waals surface area contributed by atoms with E-state index in [1.165, 1.54) is 0 Å². The van der Waals surface area contributed by atoms with E-state index in [2.05, 4.69) is 22.0 Å². The van der Waals surface area contributed by atoms with Crippen LogP contribution in [0.1, 0.15) is 19.8 Å². The molecule has 3 aliphatic heterocycles. The molecule has 0 aromatic carbocycles. The third-order valence-corrected chi connectivity index (χ3v) is 4.90. The molecule has 0 aromatic rings. The predicted octanol–water partition coefficient (Wildman–Crippen LogP) is 0.763. The molecule has 0 saturated carbocycles. The molecule has 2 unspecified atom stereocenters. The Kier molecular flexibility index (Phi) is 7.20. The van der Waals surface area contributed by atoms with Gasteiger partial charge in [-0.05, 0) is 26.3 Å². The lowest BCUT2D eigenvalue weighted by molar-refractivity contribution is -0.139. The topological polar surface area (TPSA) is 44.8 Å². The third-order valence-electron chi connectivity index (χ3n) is 4.90. The minimum absolute atomic E-state index is 0. The fourth-order valence-corrected chi connectivity index (χ4v) is 3.55. The van der Waals surface area contributed by atoms with Gasteiger partial charge in [0.1, 0.15) is 0 Å². The Hall–Kier alpha value is -0.0700. The molecule has 3 fully saturated rings. The Labute approximate surface area is 139 Å². The van der Waals surface area contributed by atoms with Crippen LogP contribution >= 0.6 is 24.8 Å². The van der Waals surface area contributed by atoms with Gasteiger partial charge in [-0.3, -0.25) is 9.69 Å². The number of ether oxygens (including phenoxy) is 1. The average molecular weight is 340 g/mol. The summed E-state index contributed by atoms with van der Waals surface area (Å²) in [6.45, 7) is 9.48. The number of hydrogen-bond donors (Lipinski definition) is 1. The Morgan fingerprint density at radius 1 is 1.24 bits per heavy atom. The molecule has 0 spiro atoms. The number of carbonyl (C=O) groups excluding carboxylic acids is 1. The summed E-state index contributed by atoms with van der Waals surface area (Å²) >= 11 is 0. The van der Waals surface area contributed by atoms with Crippen molar-refractivity contribution in [2.75, 3.05) is 52.5 Å². The zero-order valence-corrected chi connectivity index (χ0v) is 14.3. The first-order valence-corrected chi connectivity index (χ1v) is 7.51. The van der Waals surface area contributed by atoms with E-state index in [0.29, 0.717) is 11.9 Å². The second-order valence-corrected chi connectivity index (χ2v) is 6.33. The highest BCUT2D eigenvalue weighted by atomic mass is 35.5. The fourth-order valence-electron chi connectivity index (χ4n) is 3.55. The lowest BCUT2D eigenvalue weighted by Crippen LogP contribution is -2.47. The zero-order chi connectivity index (χ0) is 13.3. The maximum atomic E-state index is 12.6. The quantitative estimate of drug-likeness (QED) is 0.806. The first-order chi connectivity index (χ1) is 9.19. The van der Waals surface area contributed by atoms with E-state index in [4.69, 9.17) is 4.74 Å². The van der Waals surface area contributed by atoms with Gasteiger partial charge in [0.25, 0.3) is 0 Å². The molecule has 1 N–H and O–H groups in total. The van der Waals surface area contributed by atoms with E-state index in [-0.39, 0.29) is 30.2 Å². The summed E-state index contributed by atoms with van der Waals surface area (Å²) in [5.74, 6) is 0.355. The maximum absolute atomic E-state index is 12.6. The normalized spacial score (nSPS) is 33.4. The number of halogens is 2. The number of hydrogen-bond acceptors (Lipinski definition) is 4. The molecule has 0 aromatic heterocycles. The van der Waals surface area contributed by atoms with Gasteiger partial charge in [-0.15, -0.1) is 24.8 Å². The van der Waals surface area contributed by atoms with E-state index in [0.717, 1.165) is 65.3 Å². The van der Waals surface area contributed by atoms with Crippen molar-refractivity contribution in [3.05, 3.63) is 0 Å². The van der Waals surface area contributed by atoms with Crippen molar-refractivity contribution >= 4 is 30.7 Å². The fraction of sp³-hybridized carbons (Fsp3) is 0.929. The first kappa shape index (κ1) is 19.0. The van der Waals surface area contributed by atoms with Crippen molar-refractivity contribution in [2.45, 2.75) is 25.8 Å². The summed E-state index contributed by atoms with van der Waals surface area (Å²) < 4.78 is 5.40. The van der Waals surface area contributed by atoms with Crippen molar-refractivity contribution in [1.82, 2.24) is 15.1 Å². The Morgan fingerprint density at radius 3 is 2.57 bits per heavy atom. The maximum Gasteiger partial charge on any atom is 0.229 e. The SMILES string of the molecule is CC1(C(=O)N2CCC(N3CCOCC3)C2)CCNC1.Cl.Cl. The number of nitrogens with one attached hydrogen (secondary N) is 1. The molecule has 3 heterocycles. The van der Waals surface area contributed by atoms with Gasteiger partial charge in [0.2, 0.25) is 5.91 Å². The second kappa shape index (κ2) is 7.97. The molecular formula is C14H27Cl2N3O2. The molecule has 0 bridgehead atoms. The van der Waals surface area contributed by atoms with Gasteiger partial charge >= 0.3 is 0 Å². The largest absolute Gasteiger partial charge is 0.379 e. The van der Waals surface area contributed by atoms with E-state index in [1.54, 1.807) is 0 Å². The van der Waals surface area contributed by atoms with Crippen LogP contribution in [0, 0.1) is 5.41 Å². The summed E-state index contributed by atoms with van der Waals surface area (Å²) in [4.78, 5) is 17.2. The Morgan fingerprint density at radius 2 is 1.95 bits per heavy atom. The minimum atomic E-state index is -0.167. The molecular weight excluding hydrogens is 313 g/mol. The number of nitrogens with zero attached hydrogens (tertiary/aromatic N) is 2. The van der Waals surface area contributed by atoms with E-state index in [1.807, 2.05) is 0 Å². The van der Waals surface area contributed by atoms with Crippen LogP contribution in [-0.4, -0.2) is 74.2 Å². The van der Waals surface area contributed by atoms with Crippen LogP contribution in [0.3, 0.4) is 0 Å². The van der Waals surface area contributed by atoms with Crippen LogP contribution in [0.5, 0.6) is 0 Å². The van der Waals surface area contributed by atoms with Crippen molar-refractivity contribution < 1.29 is 9.53 Å². The minimum Gasteiger partial charge on any atom is -0.379 e. The highest BCUT2D eigenvalue weighted by Crippen LogP contribution is 2.29. The zero-order valence-electron chi connectivity index (χ0n) is 12.7. The first-order valence-electron chi connectivity index (χ1n) is 7.51. The van der Waals surface area contributed by atoms with Crippen LogP contribution in [0.15, 0.2) is 0 Å². The van der Waals surface area contributed by atoms with Crippen LogP contribution in [0.2, 0.25) is 0 Å². The van der Waals surface area contributed by atoms with E-state index >= 15 is 0 Å². The summed E-state index contributed by atoms with van der Waals surface area (Å²) in [5, 5.41) is 3.32. The summed E-state index contributed by atoms with van der Waals surface area (Å²) in [6, 6.07) is 0.547. The van der Waals surface area contributed by atoms with Crippen LogP contribution in [0.4, 0.5) is 0 Å². The van der Waals surface area contributed by atoms with Crippen LogP contribution in [-0.2, 0) is 9.53 Å². The van der Waals surface area contributed by atoms with Crippen molar-refractivity contribution in [1.29, 1.82) is 0 Å². The lowest BCUT2D eigenvalue weighted by atomic mass is 9.88. The summed E-state index contributed by atoms with van der Waals surface area (Å²) in [6.07, 6.45) is 2.10. The van der Waals surface area contributed by atoms with Crippen molar-refractivity contribution in [2.24, 2.45) is 5.41 Å². The van der Waals surface area contributed by atoms with Gasteiger partial charge in [0.05, 0.1) is 18.6 Å². The molecule has 5 nitrogen and oxygen atoms in total. The molecule has 0 radical (unpaired) electrons. The number of carbonyl (C=O) groups is 1. The number of likely N-dealkylation sites (tertiary alicyclic amines) is 1.